The van der Waals surface area contributed by atoms with Gasteiger partial charge >= 0.3 is 0 Å². The van der Waals surface area contributed by atoms with E-state index < -0.39 is 0 Å². The molecule has 92 valence electrons. The average Bonchev–Trinajstić information content (AvgIpc) is 2.94. The smallest absolute Gasteiger partial charge is 0.170 e. The van der Waals surface area contributed by atoms with Crippen molar-refractivity contribution in [1.82, 2.24) is 9.36 Å². The van der Waals surface area contributed by atoms with Gasteiger partial charge in [-0.2, -0.15) is 4.37 Å². The van der Waals surface area contributed by atoms with Gasteiger partial charge in [0.05, 0.1) is 5.25 Å². The molecule has 6 heteroatoms. The first-order valence-corrected chi connectivity index (χ1v) is 7.95. The molecular weight excluding hydrogens is 270 g/mol. The molecule has 0 aliphatic carbocycles. The van der Waals surface area contributed by atoms with Crippen LogP contribution in [0.1, 0.15) is 27.8 Å². The fourth-order valence-electron chi connectivity index (χ4n) is 1.40. The topological polar surface area (TPSA) is 51.8 Å². The number of hydrogen-bond donors (Lipinski definition) is 1. The van der Waals surface area contributed by atoms with Gasteiger partial charge in [0.15, 0.2) is 4.34 Å². The number of thioether (sulfide) groups is 1. The van der Waals surface area contributed by atoms with Gasteiger partial charge in [0.1, 0.15) is 5.82 Å². The van der Waals surface area contributed by atoms with Gasteiger partial charge in [0.25, 0.3) is 0 Å². The van der Waals surface area contributed by atoms with Gasteiger partial charge in [0.2, 0.25) is 0 Å². The molecule has 0 aliphatic heterocycles. The van der Waals surface area contributed by atoms with Gasteiger partial charge in [-0.25, -0.2) is 4.98 Å². The molecule has 0 saturated heterocycles. The largest absolute Gasteiger partial charge is 0.329 e. The summed E-state index contributed by atoms with van der Waals surface area (Å²) in [7, 11) is 0. The molecule has 0 radical (unpaired) electrons. The predicted molar refractivity (Wildman–Crippen MR) is 76.0 cm³/mol. The van der Waals surface area contributed by atoms with Crippen molar-refractivity contribution in [1.29, 1.82) is 0 Å². The molecule has 3 nitrogen and oxygen atoms in total. The number of thiophene rings is 1. The normalized spacial score (nSPS) is 12.9. The van der Waals surface area contributed by atoms with Crippen molar-refractivity contribution in [3.63, 3.8) is 0 Å². The first-order valence-electron chi connectivity index (χ1n) is 5.48. The molecule has 1 unspecified atom stereocenters. The lowest BCUT2D eigenvalue weighted by Gasteiger charge is -2.09. The van der Waals surface area contributed by atoms with Gasteiger partial charge in [-0.3, -0.25) is 0 Å². The van der Waals surface area contributed by atoms with Crippen molar-refractivity contribution in [2.75, 3.05) is 6.54 Å². The van der Waals surface area contributed by atoms with Crippen molar-refractivity contribution < 1.29 is 0 Å². The Hall–Kier alpha value is -0.430. The van der Waals surface area contributed by atoms with E-state index in [1.807, 2.05) is 11.3 Å². The molecule has 2 rings (SSSR count). The van der Waals surface area contributed by atoms with Crippen LogP contribution >= 0.6 is 34.6 Å². The van der Waals surface area contributed by atoms with E-state index in [1.54, 1.807) is 11.8 Å². The van der Waals surface area contributed by atoms with Crippen LogP contribution in [0.5, 0.6) is 0 Å². The van der Waals surface area contributed by atoms with Crippen LogP contribution in [0.25, 0.3) is 0 Å². The van der Waals surface area contributed by atoms with Crippen molar-refractivity contribution in [3.8, 4) is 0 Å². The van der Waals surface area contributed by atoms with Crippen LogP contribution in [0.2, 0.25) is 0 Å². The van der Waals surface area contributed by atoms with Crippen LogP contribution in [-0.4, -0.2) is 15.9 Å². The van der Waals surface area contributed by atoms with Gasteiger partial charge in [-0.05, 0) is 30.6 Å². The van der Waals surface area contributed by atoms with E-state index in [4.69, 9.17) is 5.73 Å². The van der Waals surface area contributed by atoms with E-state index >= 15 is 0 Å². The fraction of sp³-hybridized carbons (Fsp3) is 0.455. The SMILES string of the molecule is CCc1nsc(SC(CN)c2ccc(C)s2)n1. The number of nitrogens with two attached hydrogens (primary N) is 1. The zero-order chi connectivity index (χ0) is 12.3. The van der Waals surface area contributed by atoms with Crippen molar-refractivity contribution in [2.24, 2.45) is 5.73 Å². The maximum Gasteiger partial charge on any atom is 0.170 e. The molecule has 2 aromatic rings. The highest BCUT2D eigenvalue weighted by molar-refractivity contribution is 8.01. The van der Waals surface area contributed by atoms with Gasteiger partial charge in [-0.1, -0.05) is 18.7 Å². The van der Waals surface area contributed by atoms with E-state index in [1.165, 1.54) is 21.3 Å². The molecule has 0 spiro atoms. The summed E-state index contributed by atoms with van der Waals surface area (Å²) in [6.45, 7) is 4.82. The minimum absolute atomic E-state index is 0.298. The Kier molecular flexibility index (Phi) is 4.55. The molecule has 0 amide bonds. The summed E-state index contributed by atoms with van der Waals surface area (Å²) in [6, 6.07) is 4.30. The third kappa shape index (κ3) is 3.28. The number of nitrogens with zero attached hydrogens (tertiary/aromatic N) is 2. The summed E-state index contributed by atoms with van der Waals surface area (Å²) in [5.41, 5.74) is 5.84. The number of hydrogen-bond acceptors (Lipinski definition) is 6. The zero-order valence-corrected chi connectivity index (χ0v) is 12.3. The Bertz CT molecular complexity index is 478. The minimum Gasteiger partial charge on any atom is -0.329 e. The third-order valence-corrected chi connectivity index (χ3v) is 5.65. The number of aromatic nitrogens is 2. The summed E-state index contributed by atoms with van der Waals surface area (Å²) in [5.74, 6) is 0.927. The Morgan fingerprint density at radius 1 is 1.47 bits per heavy atom. The summed E-state index contributed by atoms with van der Waals surface area (Å²) < 4.78 is 5.31. The highest BCUT2D eigenvalue weighted by Crippen LogP contribution is 2.38. The number of rotatable bonds is 5. The van der Waals surface area contributed by atoms with Gasteiger partial charge in [0, 0.05) is 22.7 Å². The molecule has 1 atom stereocenters. The monoisotopic (exact) mass is 285 g/mol. The van der Waals surface area contributed by atoms with Crippen molar-refractivity contribution in [2.45, 2.75) is 29.9 Å². The van der Waals surface area contributed by atoms with Crippen LogP contribution in [0, 0.1) is 6.92 Å². The van der Waals surface area contributed by atoms with Crippen molar-refractivity contribution in [3.05, 3.63) is 27.7 Å². The Morgan fingerprint density at radius 3 is 2.82 bits per heavy atom. The molecule has 0 bridgehead atoms. The highest BCUT2D eigenvalue weighted by Gasteiger charge is 2.15. The van der Waals surface area contributed by atoms with E-state index in [9.17, 15) is 0 Å². The first kappa shape index (κ1) is 13.0. The van der Waals surface area contributed by atoms with E-state index in [0.29, 0.717) is 11.8 Å². The molecule has 2 heterocycles. The Labute approximate surface area is 114 Å². The summed E-state index contributed by atoms with van der Waals surface area (Å²) in [5, 5.41) is 0.298. The maximum absolute atomic E-state index is 5.84. The quantitative estimate of drug-likeness (QED) is 0.857. The Morgan fingerprint density at radius 2 is 2.29 bits per heavy atom. The van der Waals surface area contributed by atoms with E-state index in [2.05, 4.69) is 35.3 Å². The minimum atomic E-state index is 0.298. The highest BCUT2D eigenvalue weighted by atomic mass is 32.2. The zero-order valence-electron chi connectivity index (χ0n) is 9.84. The second-order valence-electron chi connectivity index (χ2n) is 3.62. The van der Waals surface area contributed by atoms with Crippen LogP contribution in [-0.2, 0) is 6.42 Å². The maximum atomic E-state index is 5.84. The Balaban J connectivity index is 2.09. The van der Waals surface area contributed by atoms with Crippen LogP contribution in [0.4, 0.5) is 0 Å². The molecule has 2 aromatic heterocycles. The average molecular weight is 285 g/mol. The molecule has 0 aliphatic rings. The van der Waals surface area contributed by atoms with Crippen molar-refractivity contribution >= 4 is 34.6 Å². The second-order valence-corrected chi connectivity index (χ2v) is 7.14. The molecule has 0 saturated carbocycles. The van der Waals surface area contributed by atoms with Gasteiger partial charge < -0.3 is 5.73 Å². The molecule has 0 fully saturated rings. The predicted octanol–water partition coefficient (Wildman–Crippen LogP) is 3.26. The fourth-order valence-corrected chi connectivity index (χ4v) is 4.38. The molecule has 0 aromatic carbocycles. The van der Waals surface area contributed by atoms with Crippen LogP contribution < -0.4 is 5.73 Å². The lowest BCUT2D eigenvalue weighted by Crippen LogP contribution is -2.07. The van der Waals surface area contributed by atoms with Gasteiger partial charge in [-0.15, -0.1) is 11.3 Å². The van der Waals surface area contributed by atoms with E-state index in [0.717, 1.165) is 16.6 Å². The molecule has 17 heavy (non-hydrogen) atoms. The number of aryl methyl sites for hydroxylation is 2. The van der Waals surface area contributed by atoms with E-state index in [-0.39, 0.29) is 0 Å². The molecular formula is C11H15N3S3. The first-order chi connectivity index (χ1) is 8.22. The van der Waals surface area contributed by atoms with Crippen LogP contribution in [0.3, 0.4) is 0 Å². The second kappa shape index (κ2) is 5.95. The standard InChI is InChI=1S/C11H15N3S3/c1-3-10-13-11(17-14-10)16-9(6-12)8-5-4-7(2)15-8/h4-5,9H,3,6,12H2,1-2H3. The summed E-state index contributed by atoms with van der Waals surface area (Å²) >= 11 is 5.00. The lowest BCUT2D eigenvalue weighted by molar-refractivity contribution is 0.945. The van der Waals surface area contributed by atoms with Crippen LogP contribution in [0.15, 0.2) is 16.5 Å². The summed E-state index contributed by atoms with van der Waals surface area (Å²) in [4.78, 5) is 7.12. The third-order valence-electron chi connectivity index (χ3n) is 2.30. The molecule has 2 N–H and O–H groups in total. The summed E-state index contributed by atoms with van der Waals surface area (Å²) in [6.07, 6.45) is 0.891. The lowest BCUT2D eigenvalue weighted by atomic mass is 10.3.